The number of methoxy groups -OCH3 is 1. The first kappa shape index (κ1) is 15.8. The van der Waals surface area contributed by atoms with Crippen molar-refractivity contribution in [3.63, 3.8) is 0 Å². The van der Waals surface area contributed by atoms with E-state index in [1.807, 2.05) is 37.3 Å². The molecule has 0 amide bonds. The van der Waals surface area contributed by atoms with E-state index in [9.17, 15) is 9.18 Å². The van der Waals surface area contributed by atoms with Crippen LogP contribution in [0.4, 0.5) is 4.39 Å². The van der Waals surface area contributed by atoms with Crippen molar-refractivity contribution in [3.8, 4) is 0 Å². The number of halogens is 1. The third-order valence-electron chi connectivity index (χ3n) is 4.79. The number of aromatic nitrogens is 1. The number of rotatable bonds is 2. The molecule has 25 heavy (non-hydrogen) atoms. The predicted octanol–water partition coefficient (Wildman–Crippen LogP) is 3.39. The van der Waals surface area contributed by atoms with E-state index in [0.29, 0.717) is 6.42 Å². The van der Waals surface area contributed by atoms with E-state index in [-0.39, 0.29) is 17.8 Å². The molecule has 1 aliphatic rings. The summed E-state index contributed by atoms with van der Waals surface area (Å²) in [6.45, 7) is 1.86. The first-order valence-corrected chi connectivity index (χ1v) is 8.27. The highest BCUT2D eigenvalue weighted by molar-refractivity contribution is 5.87. The summed E-state index contributed by atoms with van der Waals surface area (Å²) in [6.07, 6.45) is 0.539. The van der Waals surface area contributed by atoms with Gasteiger partial charge in [-0.25, -0.2) is 4.39 Å². The van der Waals surface area contributed by atoms with Crippen molar-refractivity contribution in [1.29, 1.82) is 0 Å². The number of aryl methyl sites for hydroxylation is 1. The number of aromatic amines is 1. The molecule has 0 saturated heterocycles. The second kappa shape index (κ2) is 6.01. The Morgan fingerprint density at radius 2 is 2.04 bits per heavy atom. The third-order valence-corrected chi connectivity index (χ3v) is 4.79. The van der Waals surface area contributed by atoms with Crippen molar-refractivity contribution in [1.82, 2.24) is 10.3 Å². The molecule has 1 aromatic heterocycles. The second-order valence-electron chi connectivity index (χ2n) is 6.50. The zero-order valence-electron chi connectivity index (χ0n) is 14.1. The summed E-state index contributed by atoms with van der Waals surface area (Å²) in [5, 5.41) is 4.41. The number of esters is 1. The Hall–Kier alpha value is -2.66. The molecule has 4 rings (SSSR count). The SMILES string of the molecule is COC(=O)[C@H]1Cc2c([nH]c3ccccc23)[C@H](c2cc(C)cc(F)c2)N1. The molecular formula is C20H19FN2O2. The number of H-pyrrole nitrogens is 1. The summed E-state index contributed by atoms with van der Waals surface area (Å²) in [6, 6.07) is 12.2. The van der Waals surface area contributed by atoms with Crippen LogP contribution in [-0.4, -0.2) is 24.1 Å². The minimum absolute atomic E-state index is 0.283. The van der Waals surface area contributed by atoms with Gasteiger partial charge in [-0.2, -0.15) is 0 Å². The van der Waals surface area contributed by atoms with Crippen LogP contribution in [-0.2, 0) is 16.0 Å². The van der Waals surface area contributed by atoms with Crippen LogP contribution in [0.3, 0.4) is 0 Å². The molecule has 2 N–H and O–H groups in total. The van der Waals surface area contributed by atoms with Gasteiger partial charge in [0.2, 0.25) is 0 Å². The lowest BCUT2D eigenvalue weighted by Gasteiger charge is -2.30. The topological polar surface area (TPSA) is 54.1 Å². The number of carbonyl (C=O) groups is 1. The van der Waals surface area contributed by atoms with Crippen LogP contribution < -0.4 is 5.32 Å². The van der Waals surface area contributed by atoms with Gasteiger partial charge >= 0.3 is 5.97 Å². The largest absolute Gasteiger partial charge is 0.468 e. The number of ether oxygens (including phenoxy) is 1. The Morgan fingerprint density at radius 1 is 1.24 bits per heavy atom. The standard InChI is InChI=1S/C20H19FN2O2/c1-11-7-12(9-13(21)8-11)18-19-15(10-17(23-18)20(24)25-2)14-5-3-4-6-16(14)22-19/h3-9,17-18,22-23H,10H2,1-2H3/t17-,18+/m1/s1. The van der Waals surface area contributed by atoms with E-state index in [2.05, 4.69) is 10.3 Å². The number of hydrogen-bond donors (Lipinski definition) is 2. The Balaban J connectivity index is 1.90. The van der Waals surface area contributed by atoms with Crippen molar-refractivity contribution in [3.05, 3.63) is 70.7 Å². The Kier molecular flexibility index (Phi) is 3.81. The third kappa shape index (κ3) is 2.70. The van der Waals surface area contributed by atoms with Gasteiger partial charge in [-0.1, -0.05) is 24.3 Å². The number of fused-ring (bicyclic) bond motifs is 3. The molecular weight excluding hydrogens is 319 g/mol. The quantitative estimate of drug-likeness (QED) is 0.704. The van der Waals surface area contributed by atoms with Crippen molar-refractivity contribution in [2.45, 2.75) is 25.4 Å². The highest BCUT2D eigenvalue weighted by atomic mass is 19.1. The Labute approximate surface area is 145 Å². The minimum atomic E-state index is -0.467. The number of carbonyl (C=O) groups excluding carboxylic acids is 1. The highest BCUT2D eigenvalue weighted by Gasteiger charge is 2.34. The molecule has 2 heterocycles. The van der Waals surface area contributed by atoms with Gasteiger partial charge in [0.1, 0.15) is 11.9 Å². The average molecular weight is 338 g/mol. The molecule has 0 saturated carbocycles. The molecule has 0 aliphatic carbocycles. The Bertz CT molecular complexity index is 943. The zero-order chi connectivity index (χ0) is 17.6. The molecule has 1 aliphatic heterocycles. The van der Waals surface area contributed by atoms with Gasteiger partial charge in [0.25, 0.3) is 0 Å². The maximum atomic E-state index is 14.0. The van der Waals surface area contributed by atoms with E-state index in [4.69, 9.17) is 4.74 Å². The van der Waals surface area contributed by atoms with Gasteiger partial charge in [-0.3, -0.25) is 10.1 Å². The van der Waals surface area contributed by atoms with E-state index < -0.39 is 6.04 Å². The van der Waals surface area contributed by atoms with Crippen LogP contribution in [0.2, 0.25) is 0 Å². The van der Waals surface area contributed by atoms with Crippen molar-refractivity contribution in [2.75, 3.05) is 7.11 Å². The molecule has 2 atom stereocenters. The van der Waals surface area contributed by atoms with Crippen LogP contribution in [0.1, 0.15) is 28.4 Å². The van der Waals surface area contributed by atoms with Crippen molar-refractivity contribution < 1.29 is 13.9 Å². The van der Waals surface area contributed by atoms with Gasteiger partial charge in [-0.15, -0.1) is 0 Å². The number of hydrogen-bond acceptors (Lipinski definition) is 3. The lowest BCUT2D eigenvalue weighted by atomic mass is 9.90. The van der Waals surface area contributed by atoms with Crippen LogP contribution in [0.5, 0.6) is 0 Å². The summed E-state index contributed by atoms with van der Waals surface area (Å²) in [5.41, 5.74) is 4.70. The molecule has 128 valence electrons. The van der Waals surface area contributed by atoms with Gasteiger partial charge < -0.3 is 9.72 Å². The molecule has 0 fully saturated rings. The fraction of sp³-hybridized carbons (Fsp3) is 0.250. The summed E-state index contributed by atoms with van der Waals surface area (Å²) in [4.78, 5) is 15.6. The van der Waals surface area contributed by atoms with Crippen LogP contribution in [0.25, 0.3) is 10.9 Å². The van der Waals surface area contributed by atoms with E-state index in [0.717, 1.165) is 33.3 Å². The van der Waals surface area contributed by atoms with Gasteiger partial charge in [0.05, 0.1) is 13.2 Å². The number of benzene rings is 2. The molecule has 0 bridgehead atoms. The summed E-state index contributed by atoms with van der Waals surface area (Å²) in [7, 11) is 1.39. The lowest BCUT2D eigenvalue weighted by Crippen LogP contribution is -2.45. The molecule has 2 aromatic carbocycles. The van der Waals surface area contributed by atoms with Gasteiger partial charge in [0.15, 0.2) is 0 Å². The maximum absolute atomic E-state index is 14.0. The highest BCUT2D eigenvalue weighted by Crippen LogP contribution is 2.35. The lowest BCUT2D eigenvalue weighted by molar-refractivity contribution is -0.143. The first-order chi connectivity index (χ1) is 12.1. The fourth-order valence-corrected chi connectivity index (χ4v) is 3.72. The Morgan fingerprint density at radius 3 is 2.80 bits per heavy atom. The summed E-state index contributed by atoms with van der Waals surface area (Å²) >= 11 is 0. The van der Waals surface area contributed by atoms with Crippen LogP contribution in [0, 0.1) is 12.7 Å². The molecule has 3 aromatic rings. The van der Waals surface area contributed by atoms with E-state index in [1.165, 1.54) is 19.2 Å². The monoisotopic (exact) mass is 338 g/mol. The van der Waals surface area contributed by atoms with E-state index in [1.54, 1.807) is 0 Å². The van der Waals surface area contributed by atoms with E-state index >= 15 is 0 Å². The normalized spacial score (nSPS) is 19.6. The number of nitrogens with one attached hydrogen (secondary N) is 2. The summed E-state index contributed by atoms with van der Waals surface area (Å²) < 4.78 is 18.9. The molecule has 5 heteroatoms. The van der Waals surface area contributed by atoms with Crippen LogP contribution >= 0.6 is 0 Å². The van der Waals surface area contributed by atoms with Crippen LogP contribution in [0.15, 0.2) is 42.5 Å². The minimum Gasteiger partial charge on any atom is -0.468 e. The summed E-state index contributed by atoms with van der Waals surface area (Å²) in [5.74, 6) is -0.594. The second-order valence-corrected chi connectivity index (χ2v) is 6.50. The smallest absolute Gasteiger partial charge is 0.323 e. The molecule has 0 unspecified atom stereocenters. The van der Waals surface area contributed by atoms with Gasteiger partial charge in [-0.05, 0) is 41.8 Å². The van der Waals surface area contributed by atoms with Crippen molar-refractivity contribution >= 4 is 16.9 Å². The predicted molar refractivity (Wildman–Crippen MR) is 93.9 cm³/mol. The zero-order valence-corrected chi connectivity index (χ0v) is 14.1. The van der Waals surface area contributed by atoms with Crippen molar-refractivity contribution in [2.24, 2.45) is 0 Å². The average Bonchev–Trinajstić information content (AvgIpc) is 2.98. The maximum Gasteiger partial charge on any atom is 0.323 e. The fourth-order valence-electron chi connectivity index (χ4n) is 3.72. The molecule has 0 radical (unpaired) electrons. The molecule has 0 spiro atoms. The van der Waals surface area contributed by atoms with Gasteiger partial charge in [0, 0.05) is 23.0 Å². The molecule has 4 nitrogen and oxygen atoms in total. The first-order valence-electron chi connectivity index (χ1n) is 8.27. The number of para-hydroxylation sites is 1.